The molecule has 2 aliphatic rings. The minimum absolute atomic E-state index is 0.0541. The molecule has 1 N–H and O–H groups in total. The van der Waals surface area contributed by atoms with Crippen LogP contribution >= 0.6 is 0 Å². The molecule has 0 unspecified atom stereocenters. The number of aromatic nitrogens is 4. The highest BCUT2D eigenvalue weighted by molar-refractivity contribution is 5.66. The zero-order valence-electron chi connectivity index (χ0n) is 16.8. The van der Waals surface area contributed by atoms with Gasteiger partial charge in [0.15, 0.2) is 0 Å². The van der Waals surface area contributed by atoms with Crippen molar-refractivity contribution >= 4 is 5.82 Å². The van der Waals surface area contributed by atoms with Crippen LogP contribution in [0.4, 0.5) is 5.82 Å². The van der Waals surface area contributed by atoms with Crippen molar-refractivity contribution in [2.75, 3.05) is 5.32 Å². The molecule has 6 heteroatoms. The predicted octanol–water partition coefficient (Wildman–Crippen LogP) is 4.17. The fourth-order valence-electron chi connectivity index (χ4n) is 4.20. The van der Waals surface area contributed by atoms with Gasteiger partial charge in [0.2, 0.25) is 0 Å². The summed E-state index contributed by atoms with van der Waals surface area (Å²) in [6, 6.07) is 8.21. The maximum atomic E-state index is 12.1. The van der Waals surface area contributed by atoms with Crippen molar-refractivity contribution in [1.29, 1.82) is 0 Å². The summed E-state index contributed by atoms with van der Waals surface area (Å²) in [5, 5.41) is 8.09. The van der Waals surface area contributed by atoms with Gasteiger partial charge in [0, 0.05) is 47.9 Å². The lowest BCUT2D eigenvalue weighted by Crippen LogP contribution is -2.20. The summed E-state index contributed by atoms with van der Waals surface area (Å²) >= 11 is 0. The van der Waals surface area contributed by atoms with Gasteiger partial charge in [-0.05, 0) is 56.7 Å². The first-order valence-corrected chi connectivity index (χ1v) is 10.7. The van der Waals surface area contributed by atoms with Crippen molar-refractivity contribution in [3.05, 3.63) is 58.9 Å². The Morgan fingerprint density at radius 2 is 1.90 bits per heavy atom. The van der Waals surface area contributed by atoms with E-state index >= 15 is 0 Å². The van der Waals surface area contributed by atoms with Gasteiger partial charge in [0.05, 0.1) is 11.9 Å². The first-order valence-electron chi connectivity index (χ1n) is 10.7. The third-order valence-electron chi connectivity index (χ3n) is 6.07. The molecule has 150 valence electrons. The van der Waals surface area contributed by atoms with Gasteiger partial charge in [-0.25, -0.2) is 9.67 Å². The van der Waals surface area contributed by atoms with Crippen molar-refractivity contribution in [1.82, 2.24) is 19.3 Å². The third kappa shape index (κ3) is 3.97. The molecule has 2 fully saturated rings. The molecule has 3 heterocycles. The summed E-state index contributed by atoms with van der Waals surface area (Å²) in [5.41, 5.74) is 4.06. The minimum Gasteiger partial charge on any atom is -0.367 e. The lowest BCUT2D eigenvalue weighted by molar-refractivity contribution is 0.603. The molecule has 2 aliphatic carbocycles. The highest BCUT2D eigenvalue weighted by Gasteiger charge is 2.22. The maximum Gasteiger partial charge on any atom is 0.250 e. The number of nitrogens with one attached hydrogen (secondary N) is 1. The van der Waals surface area contributed by atoms with Crippen LogP contribution in [-0.2, 0) is 6.54 Å². The second kappa shape index (κ2) is 7.50. The van der Waals surface area contributed by atoms with Crippen LogP contribution in [0.1, 0.15) is 44.2 Å². The zero-order valence-corrected chi connectivity index (χ0v) is 16.8. The molecule has 0 atom stereocenters. The van der Waals surface area contributed by atoms with E-state index in [1.807, 2.05) is 40.8 Å². The van der Waals surface area contributed by atoms with E-state index in [0.717, 1.165) is 34.9 Å². The number of hydrogen-bond donors (Lipinski definition) is 1. The molecule has 0 bridgehead atoms. The van der Waals surface area contributed by atoms with Gasteiger partial charge >= 0.3 is 0 Å². The summed E-state index contributed by atoms with van der Waals surface area (Å²) in [7, 11) is 0. The number of anilines is 1. The molecule has 0 saturated heterocycles. The predicted molar refractivity (Wildman–Crippen MR) is 114 cm³/mol. The van der Waals surface area contributed by atoms with E-state index < -0.39 is 0 Å². The molecule has 0 aliphatic heterocycles. The second-order valence-corrected chi connectivity index (χ2v) is 8.45. The lowest BCUT2D eigenvalue weighted by atomic mass is 10.1. The van der Waals surface area contributed by atoms with Crippen molar-refractivity contribution in [2.24, 2.45) is 5.92 Å². The number of rotatable bonds is 6. The molecular weight excluding hydrogens is 362 g/mol. The molecule has 0 radical (unpaired) electrons. The van der Waals surface area contributed by atoms with Crippen molar-refractivity contribution < 1.29 is 0 Å². The van der Waals surface area contributed by atoms with E-state index in [1.165, 1.54) is 38.5 Å². The van der Waals surface area contributed by atoms with Gasteiger partial charge in [-0.3, -0.25) is 4.79 Å². The van der Waals surface area contributed by atoms with Crippen LogP contribution in [0, 0.1) is 12.8 Å². The minimum atomic E-state index is 0.0541. The Morgan fingerprint density at radius 1 is 1.07 bits per heavy atom. The van der Waals surface area contributed by atoms with E-state index in [-0.39, 0.29) is 5.56 Å². The van der Waals surface area contributed by atoms with Gasteiger partial charge in [-0.2, -0.15) is 5.10 Å². The normalized spacial score (nSPS) is 17.0. The maximum absolute atomic E-state index is 12.1. The Morgan fingerprint density at radius 3 is 2.66 bits per heavy atom. The molecule has 29 heavy (non-hydrogen) atoms. The molecular formula is C23H27N5O. The molecule has 6 nitrogen and oxygen atoms in total. The summed E-state index contributed by atoms with van der Waals surface area (Å²) in [4.78, 5) is 16.9. The summed E-state index contributed by atoms with van der Waals surface area (Å²) in [6.45, 7) is 2.85. The number of hydrogen-bond acceptors (Lipinski definition) is 4. The van der Waals surface area contributed by atoms with E-state index in [4.69, 9.17) is 4.98 Å². The number of nitrogens with zero attached hydrogens (tertiary/aromatic N) is 4. The smallest absolute Gasteiger partial charge is 0.250 e. The number of pyridine rings is 2. The number of aryl methyl sites for hydroxylation is 1. The summed E-state index contributed by atoms with van der Waals surface area (Å²) in [6.07, 6.45) is 13.3. The van der Waals surface area contributed by atoms with Crippen LogP contribution in [-0.4, -0.2) is 25.4 Å². The second-order valence-electron chi connectivity index (χ2n) is 8.45. The molecule has 0 amide bonds. The average Bonchev–Trinajstić information content (AvgIpc) is 3.16. The molecule has 5 rings (SSSR count). The fraction of sp³-hybridized carbons (Fsp3) is 0.435. The summed E-state index contributed by atoms with van der Waals surface area (Å²) < 4.78 is 3.65. The van der Waals surface area contributed by atoms with E-state index in [0.29, 0.717) is 12.0 Å². The summed E-state index contributed by atoms with van der Waals surface area (Å²) in [5.74, 6) is 1.61. The largest absolute Gasteiger partial charge is 0.367 e. The van der Waals surface area contributed by atoms with Crippen LogP contribution < -0.4 is 10.9 Å². The lowest BCUT2D eigenvalue weighted by Gasteiger charge is -2.14. The Kier molecular flexibility index (Phi) is 4.70. The monoisotopic (exact) mass is 389 g/mol. The first-order chi connectivity index (χ1) is 14.2. The van der Waals surface area contributed by atoms with Crippen LogP contribution in [0.15, 0.2) is 47.7 Å². The van der Waals surface area contributed by atoms with Gasteiger partial charge in [-0.1, -0.05) is 12.8 Å². The standard InChI is InChI=1S/C23H27N5O/c1-16-21(9-10-22(25-16)26-19-4-2-3-5-19)18-12-24-28(14-18)20-8-11-23(29)27(15-20)13-17-6-7-17/h8-12,14-15,17,19H,2-7,13H2,1H3,(H,25,26). The van der Waals surface area contributed by atoms with Crippen LogP contribution in [0.25, 0.3) is 16.8 Å². The van der Waals surface area contributed by atoms with E-state index in [9.17, 15) is 4.79 Å². The van der Waals surface area contributed by atoms with Crippen LogP contribution in [0.5, 0.6) is 0 Å². The highest BCUT2D eigenvalue weighted by Crippen LogP contribution is 2.30. The Balaban J connectivity index is 1.37. The highest BCUT2D eigenvalue weighted by atomic mass is 16.1. The SMILES string of the molecule is Cc1nc(NC2CCCC2)ccc1-c1cnn(-c2ccc(=O)n(CC3CC3)c2)c1. The molecule has 0 aromatic carbocycles. The van der Waals surface area contributed by atoms with E-state index in [2.05, 4.69) is 22.5 Å². The van der Waals surface area contributed by atoms with Gasteiger partial charge in [0.25, 0.3) is 5.56 Å². The quantitative estimate of drug-likeness (QED) is 0.687. The van der Waals surface area contributed by atoms with Crippen molar-refractivity contribution in [3.8, 4) is 16.8 Å². The Bertz CT molecular complexity index is 1070. The first kappa shape index (κ1) is 18.2. The molecule has 3 aromatic heterocycles. The van der Waals surface area contributed by atoms with Crippen molar-refractivity contribution in [3.63, 3.8) is 0 Å². The van der Waals surface area contributed by atoms with Crippen molar-refractivity contribution in [2.45, 2.75) is 58.0 Å². The topological polar surface area (TPSA) is 64.7 Å². The van der Waals surface area contributed by atoms with Crippen LogP contribution in [0.2, 0.25) is 0 Å². The molecule has 2 saturated carbocycles. The Hall–Kier alpha value is -2.89. The molecule has 3 aromatic rings. The Labute approximate surface area is 170 Å². The van der Waals surface area contributed by atoms with Gasteiger partial charge < -0.3 is 9.88 Å². The third-order valence-corrected chi connectivity index (χ3v) is 6.07. The average molecular weight is 390 g/mol. The van der Waals surface area contributed by atoms with Gasteiger partial charge in [0.1, 0.15) is 5.82 Å². The van der Waals surface area contributed by atoms with E-state index in [1.54, 1.807) is 6.07 Å². The fourth-order valence-corrected chi connectivity index (χ4v) is 4.20. The zero-order chi connectivity index (χ0) is 19.8. The van der Waals surface area contributed by atoms with Crippen LogP contribution in [0.3, 0.4) is 0 Å². The van der Waals surface area contributed by atoms with Gasteiger partial charge in [-0.15, -0.1) is 0 Å². The molecule has 0 spiro atoms.